The van der Waals surface area contributed by atoms with Gasteiger partial charge in [-0.05, 0) is 52.2 Å². The topological polar surface area (TPSA) is 80.6 Å². The van der Waals surface area contributed by atoms with E-state index in [0.29, 0.717) is 25.0 Å². The molecule has 7 nitrogen and oxygen atoms in total. The van der Waals surface area contributed by atoms with Gasteiger partial charge in [-0.25, -0.2) is 4.79 Å². The fraction of sp³-hybridized carbons (Fsp3) is 0.458. The van der Waals surface area contributed by atoms with E-state index in [-0.39, 0.29) is 24.3 Å². The van der Waals surface area contributed by atoms with Crippen molar-refractivity contribution in [2.24, 2.45) is 0 Å². The van der Waals surface area contributed by atoms with Gasteiger partial charge in [-0.2, -0.15) is 0 Å². The maximum Gasteiger partial charge on any atom is 0.325 e. The second kappa shape index (κ2) is 9.06. The monoisotopic (exact) mass is 425 g/mol. The number of imide groups is 1. The van der Waals surface area contributed by atoms with Crippen LogP contribution in [0, 0.1) is 13.8 Å². The molecule has 166 valence electrons. The standard InChI is InChI=1S/C24H31N3O4/c1-16-13-20(18(3)27(16)17(2)15-31-5)21(28)14-26-22(29)24(4,25-23(26)30)12-11-19-9-7-6-8-10-19/h6-10,13,17H,11-12,14-15H2,1-5H3,(H,25,30)/t17-,24-/m0/s1. The van der Waals surface area contributed by atoms with E-state index in [0.717, 1.165) is 21.9 Å². The Balaban J connectivity index is 1.72. The van der Waals surface area contributed by atoms with Crippen molar-refractivity contribution in [3.63, 3.8) is 0 Å². The first-order chi connectivity index (χ1) is 14.7. The van der Waals surface area contributed by atoms with Crippen LogP contribution in [0.15, 0.2) is 36.4 Å². The van der Waals surface area contributed by atoms with Gasteiger partial charge in [-0.1, -0.05) is 30.3 Å². The molecule has 1 saturated heterocycles. The zero-order valence-electron chi connectivity index (χ0n) is 18.9. The third-order valence-electron chi connectivity index (χ3n) is 6.04. The van der Waals surface area contributed by atoms with Crippen LogP contribution < -0.4 is 5.32 Å². The number of nitrogens with zero attached hydrogens (tertiary/aromatic N) is 2. The number of urea groups is 1. The Labute approximate surface area is 183 Å². The summed E-state index contributed by atoms with van der Waals surface area (Å²) in [5.41, 5.74) is 2.36. The Bertz CT molecular complexity index is 982. The Morgan fingerprint density at radius 2 is 1.87 bits per heavy atom. The molecule has 2 atom stereocenters. The number of Topliss-reactive ketones (excluding diaryl/α,β-unsaturated/α-hetero) is 1. The average Bonchev–Trinajstić information content (AvgIpc) is 3.15. The number of hydrogen-bond donors (Lipinski definition) is 1. The largest absolute Gasteiger partial charge is 0.383 e. The molecular formula is C24H31N3O4. The van der Waals surface area contributed by atoms with Crippen molar-refractivity contribution in [2.75, 3.05) is 20.3 Å². The zero-order valence-corrected chi connectivity index (χ0v) is 18.9. The molecule has 1 aliphatic rings. The first-order valence-corrected chi connectivity index (χ1v) is 10.6. The number of carbonyl (C=O) groups is 3. The van der Waals surface area contributed by atoms with Crippen molar-refractivity contribution in [3.8, 4) is 0 Å². The van der Waals surface area contributed by atoms with Crippen molar-refractivity contribution in [3.05, 3.63) is 58.9 Å². The lowest BCUT2D eigenvalue weighted by molar-refractivity contribution is -0.130. The van der Waals surface area contributed by atoms with Crippen LogP contribution in [-0.4, -0.2) is 53.0 Å². The lowest BCUT2D eigenvalue weighted by Crippen LogP contribution is -2.44. The first-order valence-electron chi connectivity index (χ1n) is 10.6. The third kappa shape index (κ3) is 4.56. The van der Waals surface area contributed by atoms with Crippen molar-refractivity contribution in [1.29, 1.82) is 0 Å². The molecule has 0 aliphatic carbocycles. The predicted molar refractivity (Wildman–Crippen MR) is 118 cm³/mol. The molecule has 2 heterocycles. The van der Waals surface area contributed by atoms with E-state index in [1.54, 1.807) is 14.0 Å². The summed E-state index contributed by atoms with van der Waals surface area (Å²) in [4.78, 5) is 39.7. The van der Waals surface area contributed by atoms with Gasteiger partial charge in [0.1, 0.15) is 5.54 Å². The van der Waals surface area contributed by atoms with Crippen LogP contribution in [0.3, 0.4) is 0 Å². The van der Waals surface area contributed by atoms with Gasteiger partial charge in [0.2, 0.25) is 0 Å². The molecule has 0 saturated carbocycles. The summed E-state index contributed by atoms with van der Waals surface area (Å²) >= 11 is 0. The van der Waals surface area contributed by atoms with Crippen LogP contribution in [0.1, 0.15) is 53.6 Å². The quantitative estimate of drug-likeness (QED) is 0.493. The van der Waals surface area contributed by atoms with Crippen molar-refractivity contribution >= 4 is 17.7 Å². The number of rotatable bonds is 9. The highest BCUT2D eigenvalue weighted by Gasteiger charge is 2.48. The molecule has 1 N–H and O–H groups in total. The van der Waals surface area contributed by atoms with Crippen LogP contribution in [-0.2, 0) is 16.0 Å². The van der Waals surface area contributed by atoms with E-state index in [1.807, 2.05) is 61.7 Å². The fourth-order valence-electron chi connectivity index (χ4n) is 4.38. The molecule has 1 fully saturated rings. The number of aryl methyl sites for hydroxylation is 2. The summed E-state index contributed by atoms with van der Waals surface area (Å²) in [6.07, 6.45) is 1.12. The summed E-state index contributed by atoms with van der Waals surface area (Å²) in [5.74, 6) is -0.608. The third-order valence-corrected chi connectivity index (χ3v) is 6.04. The number of carbonyl (C=O) groups excluding carboxylic acids is 3. The van der Waals surface area contributed by atoms with Gasteiger partial charge < -0.3 is 14.6 Å². The van der Waals surface area contributed by atoms with E-state index in [1.165, 1.54) is 0 Å². The van der Waals surface area contributed by atoms with Gasteiger partial charge in [0, 0.05) is 24.1 Å². The average molecular weight is 426 g/mol. The van der Waals surface area contributed by atoms with Crippen molar-refractivity contribution < 1.29 is 19.1 Å². The molecule has 0 radical (unpaired) electrons. The highest BCUT2D eigenvalue weighted by molar-refractivity contribution is 6.11. The number of ether oxygens (including phenoxy) is 1. The molecule has 1 aromatic heterocycles. The minimum Gasteiger partial charge on any atom is -0.383 e. The Hall–Kier alpha value is -2.93. The normalized spacial score (nSPS) is 19.6. The molecule has 31 heavy (non-hydrogen) atoms. The summed E-state index contributed by atoms with van der Waals surface area (Å²) in [5, 5.41) is 2.79. The molecule has 0 unspecified atom stereocenters. The molecule has 0 spiro atoms. The molecule has 3 amide bonds. The minimum atomic E-state index is -1.02. The lowest BCUT2D eigenvalue weighted by Gasteiger charge is -2.21. The molecule has 7 heteroatoms. The van der Waals surface area contributed by atoms with Crippen LogP contribution >= 0.6 is 0 Å². The van der Waals surface area contributed by atoms with E-state index >= 15 is 0 Å². The lowest BCUT2D eigenvalue weighted by atomic mass is 9.93. The van der Waals surface area contributed by atoms with Crippen LogP contribution in [0.2, 0.25) is 0 Å². The van der Waals surface area contributed by atoms with E-state index in [9.17, 15) is 14.4 Å². The van der Waals surface area contributed by atoms with Crippen LogP contribution in [0.25, 0.3) is 0 Å². The molecule has 1 aliphatic heterocycles. The maximum atomic E-state index is 13.0. The number of hydrogen-bond acceptors (Lipinski definition) is 4. The SMILES string of the molecule is COC[C@H](C)n1c(C)cc(C(=O)CN2C(=O)N[C@@](C)(CCc3ccccc3)C2=O)c1C. The van der Waals surface area contributed by atoms with Gasteiger partial charge in [0.25, 0.3) is 5.91 Å². The highest BCUT2D eigenvalue weighted by atomic mass is 16.5. The fourth-order valence-corrected chi connectivity index (χ4v) is 4.38. The molecule has 0 bridgehead atoms. The second-order valence-electron chi connectivity index (χ2n) is 8.52. The number of aromatic nitrogens is 1. The number of nitrogens with one attached hydrogen (secondary N) is 1. The summed E-state index contributed by atoms with van der Waals surface area (Å²) in [6.45, 7) is 7.81. The van der Waals surface area contributed by atoms with Gasteiger partial charge in [0.05, 0.1) is 19.2 Å². The van der Waals surface area contributed by atoms with Gasteiger partial charge in [-0.3, -0.25) is 14.5 Å². The minimum absolute atomic E-state index is 0.0737. The molecule has 3 rings (SSSR count). The summed E-state index contributed by atoms with van der Waals surface area (Å²) in [6, 6.07) is 11.2. The number of methoxy groups -OCH3 is 1. The Morgan fingerprint density at radius 3 is 2.52 bits per heavy atom. The Kier molecular flexibility index (Phi) is 6.65. The summed E-state index contributed by atoms with van der Waals surface area (Å²) < 4.78 is 7.29. The predicted octanol–water partition coefficient (Wildman–Crippen LogP) is 3.44. The molecule has 1 aromatic carbocycles. The number of amides is 3. The maximum absolute atomic E-state index is 13.0. The zero-order chi connectivity index (χ0) is 22.8. The Morgan fingerprint density at radius 1 is 1.19 bits per heavy atom. The van der Waals surface area contributed by atoms with Gasteiger partial charge in [-0.15, -0.1) is 0 Å². The van der Waals surface area contributed by atoms with Gasteiger partial charge in [0.15, 0.2) is 5.78 Å². The molecular weight excluding hydrogens is 394 g/mol. The summed E-state index contributed by atoms with van der Waals surface area (Å²) in [7, 11) is 1.64. The number of ketones is 1. The van der Waals surface area contributed by atoms with E-state index < -0.39 is 11.6 Å². The van der Waals surface area contributed by atoms with E-state index in [2.05, 4.69) is 5.32 Å². The first kappa shape index (κ1) is 22.7. The second-order valence-corrected chi connectivity index (χ2v) is 8.52. The van der Waals surface area contributed by atoms with Crippen LogP contribution in [0.5, 0.6) is 0 Å². The van der Waals surface area contributed by atoms with Crippen LogP contribution in [0.4, 0.5) is 4.79 Å². The van der Waals surface area contributed by atoms with Crippen molar-refractivity contribution in [2.45, 2.75) is 52.1 Å². The number of benzene rings is 1. The van der Waals surface area contributed by atoms with Crippen molar-refractivity contribution in [1.82, 2.24) is 14.8 Å². The smallest absolute Gasteiger partial charge is 0.325 e. The van der Waals surface area contributed by atoms with Gasteiger partial charge >= 0.3 is 6.03 Å². The van der Waals surface area contributed by atoms with E-state index in [4.69, 9.17) is 4.74 Å². The molecule has 2 aromatic rings. The highest BCUT2D eigenvalue weighted by Crippen LogP contribution is 2.25.